The first-order valence-corrected chi connectivity index (χ1v) is 3.42. The van der Waals surface area contributed by atoms with Gasteiger partial charge in [-0.1, -0.05) is 0 Å². The van der Waals surface area contributed by atoms with Crippen molar-refractivity contribution >= 4 is 0 Å². The van der Waals surface area contributed by atoms with Crippen molar-refractivity contribution < 1.29 is 9.66 Å². The number of nitro groups is 1. The zero-order chi connectivity index (χ0) is 8.10. The molecule has 11 heavy (non-hydrogen) atoms. The van der Waals surface area contributed by atoms with E-state index in [-0.39, 0.29) is 0 Å². The molecule has 0 aromatic carbocycles. The summed E-state index contributed by atoms with van der Waals surface area (Å²) in [5.74, 6) is 0. The van der Waals surface area contributed by atoms with Gasteiger partial charge in [0.2, 0.25) is 6.20 Å². The Kier molecular flexibility index (Phi) is 2.85. The molecule has 1 fully saturated rings. The van der Waals surface area contributed by atoms with Gasteiger partial charge in [0.25, 0.3) is 0 Å². The largest absolute Gasteiger partial charge is 0.378 e. The smallest absolute Gasteiger partial charge is 0.250 e. The summed E-state index contributed by atoms with van der Waals surface area (Å²) in [7, 11) is 0. The topological polar surface area (TPSA) is 55.6 Å². The lowest BCUT2D eigenvalue weighted by atomic mass is 10.4. The van der Waals surface area contributed by atoms with Gasteiger partial charge in [-0.2, -0.15) is 0 Å². The first-order valence-electron chi connectivity index (χ1n) is 3.42. The van der Waals surface area contributed by atoms with Crippen LogP contribution in [-0.2, 0) is 4.74 Å². The van der Waals surface area contributed by atoms with E-state index < -0.39 is 4.92 Å². The molecule has 0 aromatic heterocycles. The number of hydrogen-bond acceptors (Lipinski definition) is 4. The summed E-state index contributed by atoms with van der Waals surface area (Å²) >= 11 is 0. The lowest BCUT2D eigenvalue weighted by Crippen LogP contribution is -2.32. The average Bonchev–Trinajstić information content (AvgIpc) is 2.03. The van der Waals surface area contributed by atoms with Gasteiger partial charge in [0.05, 0.1) is 24.3 Å². The highest BCUT2D eigenvalue weighted by atomic mass is 16.6. The molecule has 1 aliphatic rings. The van der Waals surface area contributed by atoms with Gasteiger partial charge in [0, 0.05) is 13.1 Å². The minimum atomic E-state index is -0.463. The summed E-state index contributed by atoms with van der Waals surface area (Å²) in [6.45, 7) is 2.79. The molecule has 5 nitrogen and oxygen atoms in total. The van der Waals surface area contributed by atoms with E-state index in [0.717, 1.165) is 19.3 Å². The molecule has 0 amide bonds. The van der Waals surface area contributed by atoms with Gasteiger partial charge in [-0.3, -0.25) is 10.1 Å². The van der Waals surface area contributed by atoms with Crippen LogP contribution in [0.3, 0.4) is 0 Å². The molecule has 0 aromatic rings. The minimum Gasteiger partial charge on any atom is -0.378 e. The van der Waals surface area contributed by atoms with Crippen molar-refractivity contribution in [1.29, 1.82) is 0 Å². The minimum absolute atomic E-state index is 0.463. The van der Waals surface area contributed by atoms with Crippen LogP contribution in [0.2, 0.25) is 0 Å². The second-order valence-corrected chi connectivity index (χ2v) is 2.23. The second-order valence-electron chi connectivity index (χ2n) is 2.23. The van der Waals surface area contributed by atoms with Crippen molar-refractivity contribution in [2.45, 2.75) is 0 Å². The Labute approximate surface area is 64.4 Å². The molecular formula is C6H10N2O3. The Hall–Kier alpha value is -1.10. The Balaban J connectivity index is 2.29. The Morgan fingerprint density at radius 3 is 2.64 bits per heavy atom. The molecule has 0 bridgehead atoms. The highest BCUT2D eigenvalue weighted by Gasteiger charge is 2.05. The zero-order valence-electron chi connectivity index (χ0n) is 6.10. The Bertz CT molecular complexity index is 163. The lowest BCUT2D eigenvalue weighted by Gasteiger charge is -2.23. The molecule has 5 heteroatoms. The van der Waals surface area contributed by atoms with Crippen molar-refractivity contribution in [1.82, 2.24) is 4.90 Å². The molecular weight excluding hydrogens is 148 g/mol. The molecule has 0 unspecified atom stereocenters. The van der Waals surface area contributed by atoms with E-state index in [4.69, 9.17) is 4.74 Å². The monoisotopic (exact) mass is 158 g/mol. The fourth-order valence-corrected chi connectivity index (χ4v) is 0.875. The van der Waals surface area contributed by atoms with Gasteiger partial charge in [0.1, 0.15) is 0 Å². The van der Waals surface area contributed by atoms with Crippen molar-refractivity contribution in [3.63, 3.8) is 0 Å². The van der Waals surface area contributed by atoms with Crippen LogP contribution in [-0.4, -0.2) is 36.1 Å². The number of rotatable bonds is 2. The normalized spacial score (nSPS) is 19.1. The standard InChI is InChI=1S/C6H10N2O3/c9-8(10)2-1-7-3-5-11-6-4-7/h1-2H,3-6H2/b2-1+. The third-order valence-electron chi connectivity index (χ3n) is 1.44. The van der Waals surface area contributed by atoms with Crippen LogP contribution in [0.4, 0.5) is 0 Å². The zero-order valence-corrected chi connectivity index (χ0v) is 6.10. The number of morpholine rings is 1. The van der Waals surface area contributed by atoms with Crippen LogP contribution in [0.5, 0.6) is 0 Å². The maximum atomic E-state index is 9.90. The number of ether oxygens (including phenoxy) is 1. The second kappa shape index (κ2) is 3.92. The van der Waals surface area contributed by atoms with Crippen LogP contribution < -0.4 is 0 Å². The first kappa shape index (κ1) is 8.00. The number of nitrogens with zero attached hydrogens (tertiary/aromatic N) is 2. The molecule has 0 atom stereocenters. The van der Waals surface area contributed by atoms with E-state index in [9.17, 15) is 10.1 Å². The summed E-state index contributed by atoms with van der Waals surface area (Å²) in [4.78, 5) is 11.3. The molecule has 0 radical (unpaired) electrons. The maximum Gasteiger partial charge on any atom is 0.250 e. The Morgan fingerprint density at radius 1 is 1.45 bits per heavy atom. The molecule has 0 saturated carbocycles. The van der Waals surface area contributed by atoms with Gasteiger partial charge >= 0.3 is 0 Å². The maximum absolute atomic E-state index is 9.90. The van der Waals surface area contributed by atoms with E-state index in [2.05, 4.69) is 0 Å². The van der Waals surface area contributed by atoms with E-state index >= 15 is 0 Å². The van der Waals surface area contributed by atoms with Gasteiger partial charge in [0.15, 0.2) is 0 Å². The molecule has 62 valence electrons. The number of hydrogen-bond donors (Lipinski definition) is 0. The summed E-state index contributed by atoms with van der Waals surface area (Å²) < 4.78 is 5.06. The predicted molar refractivity (Wildman–Crippen MR) is 38.5 cm³/mol. The quantitative estimate of drug-likeness (QED) is 0.421. The van der Waals surface area contributed by atoms with Crippen LogP contribution in [0.1, 0.15) is 0 Å². The lowest BCUT2D eigenvalue weighted by molar-refractivity contribution is -0.403. The van der Waals surface area contributed by atoms with Gasteiger partial charge in [-0.05, 0) is 0 Å². The van der Waals surface area contributed by atoms with Crippen LogP contribution in [0.15, 0.2) is 12.4 Å². The van der Waals surface area contributed by atoms with Gasteiger partial charge in [-0.25, -0.2) is 0 Å². The molecule has 1 saturated heterocycles. The van der Waals surface area contributed by atoms with Crippen molar-refractivity contribution in [3.05, 3.63) is 22.5 Å². The van der Waals surface area contributed by atoms with E-state index in [1.165, 1.54) is 6.20 Å². The van der Waals surface area contributed by atoms with Crippen molar-refractivity contribution in [2.75, 3.05) is 26.3 Å². The molecule has 0 spiro atoms. The predicted octanol–water partition coefficient (Wildman–Crippen LogP) is 0.0665. The highest BCUT2D eigenvalue weighted by molar-refractivity contribution is 4.76. The van der Waals surface area contributed by atoms with Crippen molar-refractivity contribution in [2.24, 2.45) is 0 Å². The molecule has 1 aliphatic heterocycles. The van der Waals surface area contributed by atoms with E-state index in [1.807, 2.05) is 4.90 Å². The van der Waals surface area contributed by atoms with Crippen LogP contribution >= 0.6 is 0 Å². The first-order chi connectivity index (χ1) is 5.29. The fourth-order valence-electron chi connectivity index (χ4n) is 0.875. The Morgan fingerprint density at radius 2 is 2.09 bits per heavy atom. The summed E-state index contributed by atoms with van der Waals surface area (Å²) in [5.41, 5.74) is 0. The molecule has 1 rings (SSSR count). The van der Waals surface area contributed by atoms with Gasteiger partial charge < -0.3 is 9.64 Å². The third-order valence-corrected chi connectivity index (χ3v) is 1.44. The van der Waals surface area contributed by atoms with E-state index in [1.54, 1.807) is 0 Å². The van der Waals surface area contributed by atoms with Crippen LogP contribution in [0.25, 0.3) is 0 Å². The van der Waals surface area contributed by atoms with E-state index in [0.29, 0.717) is 13.2 Å². The average molecular weight is 158 g/mol. The SMILES string of the molecule is O=[N+]([O-])/C=C/N1CCOCC1. The fraction of sp³-hybridized carbons (Fsp3) is 0.667. The molecule has 0 aliphatic carbocycles. The van der Waals surface area contributed by atoms with Gasteiger partial charge in [-0.15, -0.1) is 0 Å². The summed E-state index contributed by atoms with van der Waals surface area (Å²) in [5, 5.41) is 9.90. The van der Waals surface area contributed by atoms with Crippen LogP contribution in [0, 0.1) is 10.1 Å². The molecule has 0 N–H and O–H groups in total. The third kappa shape index (κ3) is 2.99. The highest BCUT2D eigenvalue weighted by Crippen LogP contribution is 1.96. The summed E-state index contributed by atoms with van der Waals surface area (Å²) in [6.07, 6.45) is 2.44. The molecule has 1 heterocycles. The van der Waals surface area contributed by atoms with Crippen molar-refractivity contribution in [3.8, 4) is 0 Å². The summed E-state index contributed by atoms with van der Waals surface area (Å²) in [6, 6.07) is 0.